The van der Waals surface area contributed by atoms with E-state index in [4.69, 9.17) is 12.6 Å². The first-order valence-corrected chi connectivity index (χ1v) is 28.6. The van der Waals surface area contributed by atoms with Crippen molar-refractivity contribution < 1.29 is 22.2 Å². The molecule has 0 saturated carbocycles. The monoisotopic (exact) mass is 960 g/mol. The molecule has 4 heterocycles. The molecular weight excluding hydrogens is 884 g/mol. The van der Waals surface area contributed by atoms with E-state index in [2.05, 4.69) is 140 Å². The van der Waals surface area contributed by atoms with Gasteiger partial charge in [0.25, 0.3) is 6.71 Å². The van der Waals surface area contributed by atoms with Crippen LogP contribution < -0.4 is 31.6 Å². The highest BCUT2D eigenvalue weighted by molar-refractivity contribution is 7.20. The Kier molecular flexibility index (Phi) is 7.36. The van der Waals surface area contributed by atoms with Crippen LogP contribution in [-0.4, -0.2) is 14.8 Å². The number of hydrogen-bond acceptors (Lipinski definition) is 4. The van der Waals surface area contributed by atoms with E-state index in [9.17, 15) is 9.60 Å². The second-order valence-corrected chi connectivity index (χ2v) is 28.8. The minimum atomic E-state index is -2.11. The van der Waals surface area contributed by atoms with Crippen LogP contribution in [0, 0.1) is 6.92 Å². The highest BCUT2D eigenvalue weighted by Crippen LogP contribution is 2.56. The molecule has 0 saturated heterocycles. The third-order valence-corrected chi connectivity index (χ3v) is 18.4. The minimum Gasteiger partial charge on any atom is -0.468 e. The Bertz CT molecular complexity index is 4170. The van der Waals surface area contributed by atoms with E-state index in [1.807, 2.05) is 30.4 Å². The van der Waals surface area contributed by atoms with Crippen LogP contribution in [0.15, 0.2) is 162 Å². The normalized spacial score (nSPS) is 18.3. The Morgan fingerprint density at radius 1 is 0.657 bits per heavy atom. The van der Waals surface area contributed by atoms with Gasteiger partial charge in [0, 0.05) is 32.9 Å². The van der Waals surface area contributed by atoms with Crippen LogP contribution in [0.4, 0.5) is 33.4 Å². The fraction of sp³-hybridized carbons (Fsp3) is 0.250. The zero-order chi connectivity index (χ0) is 60.0. The Balaban J connectivity index is 1.29. The van der Waals surface area contributed by atoms with Crippen molar-refractivity contribution in [3.8, 4) is 33.4 Å². The average molecular weight is 960 g/mol. The van der Waals surface area contributed by atoms with Gasteiger partial charge < -0.3 is 14.2 Å². The number of fused-ring (bicyclic) bond motifs is 8. The lowest BCUT2D eigenvalue weighted by Crippen LogP contribution is -2.62. The van der Waals surface area contributed by atoms with Crippen molar-refractivity contribution in [2.75, 3.05) is 9.80 Å². The van der Waals surface area contributed by atoms with Gasteiger partial charge in [-0.05, 0) is 140 Å². The highest BCUT2D eigenvalue weighted by atomic mass is 32.1. The molecule has 6 heteroatoms. The molecule has 0 atom stereocenters. The van der Waals surface area contributed by atoms with Crippen LogP contribution in [-0.2, 0) is 16.2 Å². The number of aryl methyl sites for hydroxylation is 1. The predicted octanol–water partition coefficient (Wildman–Crippen LogP) is 16.1. The molecule has 70 heavy (non-hydrogen) atoms. The van der Waals surface area contributed by atoms with Crippen molar-refractivity contribution in [2.24, 2.45) is 0 Å². The van der Waals surface area contributed by atoms with Gasteiger partial charge in [-0.15, -0.1) is 11.3 Å². The number of furan rings is 1. The molecule has 0 spiro atoms. The van der Waals surface area contributed by atoms with E-state index in [1.165, 1.54) is 16.0 Å². The van der Waals surface area contributed by atoms with Gasteiger partial charge >= 0.3 is 0 Å². The predicted molar refractivity (Wildman–Crippen MR) is 306 cm³/mol. The number of nitrogens with zero attached hydrogens (tertiary/aromatic N) is 2. The Morgan fingerprint density at radius 3 is 1.90 bits per heavy atom. The third kappa shape index (κ3) is 7.11. The smallest absolute Gasteiger partial charge is 0.298 e. The van der Waals surface area contributed by atoms with Gasteiger partial charge in [0.05, 0.1) is 47.9 Å². The van der Waals surface area contributed by atoms with Gasteiger partial charge in [-0.3, -0.25) is 0 Å². The third-order valence-electron chi connectivity index (χ3n) is 14.8. The number of benzene rings is 7. The summed E-state index contributed by atoms with van der Waals surface area (Å²) in [6.07, 6.45) is 1.88. The van der Waals surface area contributed by atoms with E-state index >= 15 is 0 Å². The summed E-state index contributed by atoms with van der Waals surface area (Å²) >= 11 is 1.82. The molecular formula is C64H63BN2OSSi. The maximum absolute atomic E-state index is 10.6. The SMILES string of the molecule is [2H]c1c([2H])c([2H])c(-c2c([2H])c(-c3c([2H])c([2H])c([2H])c([2H])c3[2H])c([2H])c(N3c4cc(C)cc5c4B(c4oc6ccc([Si](C)(C)C)cc6c43)c3c(sc4c3C(C)(C)CCC4(C)C)N5c3ccccc3-c3ccc(C(C)(C)C)cc3)c2[2H])c([2H])c1[2H]. The van der Waals surface area contributed by atoms with E-state index in [-0.39, 0.29) is 21.9 Å². The second-order valence-electron chi connectivity index (χ2n) is 22.7. The van der Waals surface area contributed by atoms with Crippen LogP contribution >= 0.6 is 11.3 Å². The number of anilines is 6. The summed E-state index contributed by atoms with van der Waals surface area (Å²) in [4.78, 5) is 5.46. The molecule has 12 rings (SSSR count). The quantitative estimate of drug-likeness (QED) is 0.155. The van der Waals surface area contributed by atoms with Crippen molar-refractivity contribution in [1.82, 2.24) is 0 Å². The maximum atomic E-state index is 10.6. The van der Waals surface area contributed by atoms with Crippen molar-refractivity contribution in [3.63, 3.8) is 0 Å². The molecule has 0 unspecified atom stereocenters. The summed E-state index contributed by atoms with van der Waals surface area (Å²) in [7, 11) is -2.11. The average Bonchev–Trinajstić information content (AvgIpc) is 2.14. The van der Waals surface area contributed by atoms with Gasteiger partial charge in [-0.2, -0.15) is 0 Å². The minimum absolute atomic E-state index is 0.0769. The lowest BCUT2D eigenvalue weighted by Gasteiger charge is -2.44. The molecule has 0 fully saturated rings. The molecule has 0 radical (unpaired) electrons. The van der Waals surface area contributed by atoms with Gasteiger partial charge in [-0.1, -0.05) is 182 Å². The van der Waals surface area contributed by atoms with Crippen molar-refractivity contribution in [3.05, 3.63) is 179 Å². The first-order chi connectivity index (χ1) is 38.8. The standard InChI is InChI=1S/C64H63BN2OSSi/c1-40-34-52-56-53(35-40)67(51-25-19-18-24-49(51)43-26-28-46(29-27-43)62(2,3)4)61-57(55-59(69-61)64(7,8)33-32-63(55,5)6)65(56)60-58(50-39-48(70(9,10)11)30-31-54(50)68-60)66(52)47-37-44(41-20-14-12-15-21-41)36-45(38-47)42-22-16-13-17-23-42/h12-31,34-39H,32-33H2,1-11H3/i12D,13D,14D,15D,16D,17D,20D,21D,22D,23D,36D,37D,38D. The van der Waals surface area contributed by atoms with Crippen LogP contribution in [0.25, 0.3) is 44.3 Å². The molecule has 0 amide bonds. The number of hydrogen-bond donors (Lipinski definition) is 0. The largest absolute Gasteiger partial charge is 0.468 e. The van der Waals surface area contributed by atoms with E-state index in [0.717, 1.165) is 62.0 Å². The summed E-state index contributed by atoms with van der Waals surface area (Å²) in [6, 6.07) is 18.7. The Morgan fingerprint density at radius 2 is 1.27 bits per heavy atom. The summed E-state index contributed by atoms with van der Waals surface area (Å²) < 4.78 is 129. The number of para-hydroxylation sites is 1. The Hall–Kier alpha value is -6.34. The van der Waals surface area contributed by atoms with Crippen LogP contribution in [0.3, 0.4) is 0 Å². The van der Waals surface area contributed by atoms with E-state index in [1.54, 1.807) is 4.90 Å². The molecule has 3 aliphatic rings. The van der Waals surface area contributed by atoms with Crippen molar-refractivity contribution in [2.45, 2.75) is 104 Å². The van der Waals surface area contributed by atoms with Crippen molar-refractivity contribution >= 4 is 92.3 Å². The van der Waals surface area contributed by atoms with Crippen LogP contribution in [0.5, 0.6) is 0 Å². The summed E-state index contributed by atoms with van der Waals surface area (Å²) in [5.74, 6) is 0. The van der Waals surface area contributed by atoms with Crippen LogP contribution in [0.1, 0.15) is 101 Å². The fourth-order valence-corrected chi connectivity index (χ4v) is 13.9. The summed E-state index contributed by atoms with van der Waals surface area (Å²) in [6.45, 7) is 24.1. The summed E-state index contributed by atoms with van der Waals surface area (Å²) in [5, 5.41) is 2.82. The van der Waals surface area contributed by atoms with E-state index < -0.39 is 116 Å². The zero-order valence-corrected chi connectivity index (χ0v) is 43.5. The topological polar surface area (TPSA) is 19.6 Å². The van der Waals surface area contributed by atoms with E-state index in [0.29, 0.717) is 28.0 Å². The molecule has 2 aromatic heterocycles. The first-order valence-electron chi connectivity index (χ1n) is 30.8. The molecule has 348 valence electrons. The molecule has 1 aliphatic carbocycles. The summed E-state index contributed by atoms with van der Waals surface area (Å²) in [5.41, 5.74) is 8.25. The molecule has 0 N–H and O–H groups in total. The lowest BCUT2D eigenvalue weighted by molar-refractivity contribution is 0.340. The van der Waals surface area contributed by atoms with Gasteiger partial charge in [0.1, 0.15) is 5.58 Å². The zero-order valence-electron chi connectivity index (χ0n) is 54.7. The molecule has 2 aliphatic heterocycles. The fourth-order valence-electron chi connectivity index (χ4n) is 11.0. The molecule has 0 bridgehead atoms. The van der Waals surface area contributed by atoms with Gasteiger partial charge in [-0.25, -0.2) is 0 Å². The van der Waals surface area contributed by atoms with Crippen molar-refractivity contribution in [1.29, 1.82) is 0 Å². The molecule has 7 aromatic carbocycles. The molecule has 9 aromatic rings. The molecule has 3 nitrogen and oxygen atoms in total. The Labute approximate surface area is 439 Å². The number of thiophene rings is 1. The first kappa shape index (κ1) is 32.5. The maximum Gasteiger partial charge on any atom is 0.298 e. The van der Waals surface area contributed by atoms with Crippen LogP contribution in [0.2, 0.25) is 19.6 Å². The van der Waals surface area contributed by atoms with Gasteiger partial charge in [0.2, 0.25) is 0 Å². The second kappa shape index (κ2) is 15.8. The van der Waals surface area contributed by atoms with Gasteiger partial charge in [0.15, 0.2) is 0 Å². The number of rotatable bonds is 6. The highest BCUT2D eigenvalue weighted by Gasteiger charge is 2.53. The lowest BCUT2D eigenvalue weighted by atomic mass is 9.34.